The number of nitrogens with one attached hydrogen (secondary N) is 1. The number of hydrogen-bond acceptors (Lipinski definition) is 4. The smallest absolute Gasteiger partial charge is 0.149 e. The molecule has 0 aromatic carbocycles. The highest BCUT2D eigenvalue weighted by Gasteiger charge is 2.17. The number of aryl methyl sites for hydroxylation is 2. The zero-order valence-corrected chi connectivity index (χ0v) is 12.6. The van der Waals surface area contributed by atoms with Crippen LogP contribution in [-0.4, -0.2) is 36.8 Å². The molecule has 0 saturated heterocycles. The molecule has 0 radical (unpaired) electrons. The highest BCUT2D eigenvalue weighted by molar-refractivity contribution is 7.90. The van der Waals surface area contributed by atoms with E-state index < -0.39 is 9.84 Å². The minimum Gasteiger partial charge on any atom is -0.310 e. The summed E-state index contributed by atoms with van der Waals surface area (Å²) in [5, 5.41) is 7.79. The predicted molar refractivity (Wildman–Crippen MR) is 73.5 cm³/mol. The summed E-state index contributed by atoms with van der Waals surface area (Å²) >= 11 is 0. The van der Waals surface area contributed by atoms with Crippen molar-refractivity contribution < 1.29 is 8.42 Å². The fourth-order valence-electron chi connectivity index (χ4n) is 2.22. The maximum Gasteiger partial charge on any atom is 0.149 e. The summed E-state index contributed by atoms with van der Waals surface area (Å²) in [6, 6.07) is 0.238. The van der Waals surface area contributed by atoms with Crippen LogP contribution in [0.25, 0.3) is 0 Å². The van der Waals surface area contributed by atoms with Crippen LogP contribution in [0.1, 0.15) is 36.8 Å². The molecule has 0 aliphatic rings. The molecule has 1 heterocycles. The number of nitrogens with zero attached hydrogens (tertiary/aromatic N) is 2. The largest absolute Gasteiger partial charge is 0.310 e. The molecule has 0 saturated carbocycles. The fraction of sp³-hybridized carbons (Fsp3) is 0.750. The maximum absolute atomic E-state index is 11.2. The van der Waals surface area contributed by atoms with Crippen LogP contribution in [0, 0.1) is 13.8 Å². The molecule has 104 valence electrons. The lowest BCUT2D eigenvalue weighted by atomic mass is 10.1. The van der Waals surface area contributed by atoms with E-state index in [1.807, 2.05) is 13.8 Å². The average Bonchev–Trinajstić information content (AvgIpc) is 2.50. The fourth-order valence-corrected chi connectivity index (χ4v) is 2.72. The van der Waals surface area contributed by atoms with Gasteiger partial charge in [0.05, 0.1) is 18.0 Å². The summed E-state index contributed by atoms with van der Waals surface area (Å²) in [5.41, 5.74) is 3.18. The Morgan fingerprint density at radius 2 is 2.00 bits per heavy atom. The lowest BCUT2D eigenvalue weighted by Crippen LogP contribution is -2.19. The van der Waals surface area contributed by atoms with Crippen LogP contribution in [-0.2, 0) is 16.4 Å². The molecule has 1 aromatic heterocycles. The van der Waals surface area contributed by atoms with Gasteiger partial charge in [-0.1, -0.05) is 6.92 Å². The lowest BCUT2D eigenvalue weighted by molar-refractivity contribution is 0.576. The zero-order valence-electron chi connectivity index (χ0n) is 11.8. The Balaban J connectivity index is 2.93. The second-order valence-corrected chi connectivity index (χ2v) is 6.98. The van der Waals surface area contributed by atoms with E-state index in [9.17, 15) is 8.42 Å². The Labute approximate surface area is 109 Å². The predicted octanol–water partition coefficient (Wildman–Crippen LogP) is 1.22. The van der Waals surface area contributed by atoms with E-state index in [4.69, 9.17) is 0 Å². The van der Waals surface area contributed by atoms with Crippen LogP contribution in [0.15, 0.2) is 0 Å². The Morgan fingerprint density at radius 3 is 2.50 bits per heavy atom. The van der Waals surface area contributed by atoms with Gasteiger partial charge in [-0.2, -0.15) is 5.10 Å². The van der Waals surface area contributed by atoms with Crippen molar-refractivity contribution in [1.29, 1.82) is 0 Å². The molecular formula is C12H23N3O2S. The lowest BCUT2D eigenvalue weighted by Gasteiger charge is -2.13. The zero-order chi connectivity index (χ0) is 13.9. The van der Waals surface area contributed by atoms with E-state index in [0.717, 1.165) is 17.9 Å². The van der Waals surface area contributed by atoms with Gasteiger partial charge in [-0.05, 0) is 27.3 Å². The molecular weight excluding hydrogens is 250 g/mol. The van der Waals surface area contributed by atoms with Crippen LogP contribution in [0.5, 0.6) is 0 Å². The van der Waals surface area contributed by atoms with Crippen LogP contribution in [0.4, 0.5) is 0 Å². The van der Waals surface area contributed by atoms with Gasteiger partial charge in [0, 0.05) is 23.6 Å². The topological polar surface area (TPSA) is 64.0 Å². The van der Waals surface area contributed by atoms with Crippen molar-refractivity contribution in [2.75, 3.05) is 18.6 Å². The second-order valence-electron chi connectivity index (χ2n) is 4.72. The Bertz CT molecular complexity index is 506. The number of sulfone groups is 1. The molecule has 5 nitrogen and oxygen atoms in total. The van der Waals surface area contributed by atoms with Gasteiger partial charge in [0.15, 0.2) is 0 Å². The third kappa shape index (κ3) is 3.81. The molecule has 0 aliphatic heterocycles. The van der Waals surface area contributed by atoms with Crippen LogP contribution in [0.3, 0.4) is 0 Å². The third-order valence-corrected chi connectivity index (χ3v) is 3.98. The Hall–Kier alpha value is -0.880. The monoisotopic (exact) mass is 273 g/mol. The number of hydrogen-bond donors (Lipinski definition) is 1. The first-order valence-electron chi connectivity index (χ1n) is 6.21. The first kappa shape index (κ1) is 15.2. The normalized spacial score (nSPS) is 13.8. The van der Waals surface area contributed by atoms with Gasteiger partial charge in [0.25, 0.3) is 0 Å². The Morgan fingerprint density at radius 1 is 1.39 bits per heavy atom. The first-order chi connectivity index (χ1) is 8.26. The summed E-state index contributed by atoms with van der Waals surface area (Å²) in [5.74, 6) is 0.129. The molecule has 0 bridgehead atoms. The summed E-state index contributed by atoms with van der Waals surface area (Å²) < 4.78 is 24.2. The molecule has 0 spiro atoms. The molecule has 0 aliphatic carbocycles. The molecule has 1 N–H and O–H groups in total. The van der Waals surface area contributed by atoms with Gasteiger partial charge in [-0.25, -0.2) is 8.42 Å². The number of aromatic nitrogens is 2. The SMILES string of the molecule is CCNC(C)c1c(C)nn(CCS(C)(=O)=O)c1C. The van der Waals surface area contributed by atoms with E-state index in [1.54, 1.807) is 4.68 Å². The van der Waals surface area contributed by atoms with Gasteiger partial charge in [0.1, 0.15) is 9.84 Å². The van der Waals surface area contributed by atoms with Crippen molar-refractivity contribution in [2.45, 2.75) is 40.3 Å². The average molecular weight is 273 g/mol. The van der Waals surface area contributed by atoms with Crippen molar-refractivity contribution in [1.82, 2.24) is 15.1 Å². The molecule has 1 atom stereocenters. The highest BCUT2D eigenvalue weighted by Crippen LogP contribution is 2.21. The third-order valence-electron chi connectivity index (χ3n) is 3.05. The second kappa shape index (κ2) is 5.84. The highest BCUT2D eigenvalue weighted by atomic mass is 32.2. The quantitative estimate of drug-likeness (QED) is 0.846. The van der Waals surface area contributed by atoms with E-state index in [-0.39, 0.29) is 11.8 Å². The van der Waals surface area contributed by atoms with Crippen molar-refractivity contribution >= 4 is 9.84 Å². The summed E-state index contributed by atoms with van der Waals surface area (Å²) in [6.07, 6.45) is 1.25. The molecule has 18 heavy (non-hydrogen) atoms. The van der Waals surface area contributed by atoms with Crippen LogP contribution < -0.4 is 5.32 Å². The van der Waals surface area contributed by atoms with Gasteiger partial charge in [-0.15, -0.1) is 0 Å². The summed E-state index contributed by atoms with van der Waals surface area (Å²) in [6.45, 7) is 9.44. The van der Waals surface area contributed by atoms with E-state index in [0.29, 0.717) is 6.54 Å². The van der Waals surface area contributed by atoms with Crippen LogP contribution in [0.2, 0.25) is 0 Å². The first-order valence-corrected chi connectivity index (χ1v) is 8.27. The minimum atomic E-state index is -2.95. The molecule has 0 amide bonds. The van der Waals surface area contributed by atoms with Crippen molar-refractivity contribution in [3.8, 4) is 0 Å². The molecule has 1 aromatic rings. The van der Waals surface area contributed by atoms with E-state index >= 15 is 0 Å². The van der Waals surface area contributed by atoms with Crippen molar-refractivity contribution in [2.24, 2.45) is 0 Å². The molecule has 1 rings (SSSR count). The van der Waals surface area contributed by atoms with Gasteiger partial charge in [0.2, 0.25) is 0 Å². The summed E-state index contributed by atoms with van der Waals surface area (Å²) in [4.78, 5) is 0. The van der Waals surface area contributed by atoms with Gasteiger partial charge in [-0.3, -0.25) is 4.68 Å². The van der Waals surface area contributed by atoms with Gasteiger partial charge >= 0.3 is 0 Å². The van der Waals surface area contributed by atoms with Crippen molar-refractivity contribution in [3.63, 3.8) is 0 Å². The minimum absolute atomic E-state index is 0.129. The maximum atomic E-state index is 11.2. The van der Waals surface area contributed by atoms with E-state index in [1.165, 1.54) is 11.8 Å². The van der Waals surface area contributed by atoms with Crippen molar-refractivity contribution in [3.05, 3.63) is 17.0 Å². The Kier molecular flexibility index (Phi) is 4.92. The van der Waals surface area contributed by atoms with Crippen LogP contribution >= 0.6 is 0 Å². The molecule has 0 fully saturated rings. The molecule has 6 heteroatoms. The standard InChI is InChI=1S/C12H23N3O2S/c1-6-13-9(2)12-10(3)14-15(11(12)4)7-8-18(5,16)17/h9,13H,6-8H2,1-5H3. The molecule has 1 unspecified atom stereocenters. The van der Waals surface area contributed by atoms with Gasteiger partial charge < -0.3 is 5.32 Å². The number of rotatable bonds is 6. The van der Waals surface area contributed by atoms with E-state index in [2.05, 4.69) is 24.3 Å². The summed E-state index contributed by atoms with van der Waals surface area (Å²) in [7, 11) is -2.95.